The Morgan fingerprint density at radius 1 is 1.08 bits per heavy atom. The lowest BCUT2D eigenvalue weighted by Gasteiger charge is -2.12. The predicted molar refractivity (Wildman–Crippen MR) is 56.0 cm³/mol. The number of benzene rings is 1. The van der Waals surface area contributed by atoms with E-state index in [9.17, 15) is 0 Å². The second-order valence-electron chi connectivity index (χ2n) is 3.48. The highest BCUT2D eigenvalue weighted by Gasteiger charge is 2.02. The van der Waals surface area contributed by atoms with E-state index in [2.05, 4.69) is 13.8 Å². The van der Waals surface area contributed by atoms with Crippen LogP contribution in [-0.2, 0) is 0 Å². The van der Waals surface area contributed by atoms with Crippen molar-refractivity contribution in [3.8, 4) is 0 Å². The summed E-state index contributed by atoms with van der Waals surface area (Å²) in [6, 6.07) is 3.99. The fourth-order valence-corrected chi connectivity index (χ4v) is 1.12. The number of rotatable bonds is 1. The third-order valence-electron chi connectivity index (χ3n) is 2.18. The van der Waals surface area contributed by atoms with Gasteiger partial charge >= 0.3 is 0 Å². The fraction of sp³-hybridized carbons (Fsp3) is 0.400. The van der Waals surface area contributed by atoms with Crippen LogP contribution >= 0.6 is 0 Å². The van der Waals surface area contributed by atoms with Gasteiger partial charge in [-0.05, 0) is 18.4 Å². The Kier molecular flexibility index (Phi) is 2.66. The van der Waals surface area contributed by atoms with Gasteiger partial charge in [0, 0.05) is 0 Å². The molecule has 0 atom stereocenters. The third-order valence-corrected chi connectivity index (χ3v) is 2.18. The van der Waals surface area contributed by atoms with E-state index >= 15 is 0 Å². The molecule has 1 aromatic carbocycles. The van der Waals surface area contributed by atoms with E-state index in [-0.39, 0.29) is 0 Å². The quantitative estimate of drug-likeness (QED) is 0.522. The number of hydrogen-bond acceptors (Lipinski definition) is 0. The Morgan fingerprint density at radius 2 is 1.50 bits per heavy atom. The minimum Gasteiger partial charge on any atom is -0.0941 e. The van der Waals surface area contributed by atoms with Crippen LogP contribution < -0.4 is 10.9 Å². The van der Waals surface area contributed by atoms with Gasteiger partial charge in [-0.15, -0.1) is 0 Å². The summed E-state index contributed by atoms with van der Waals surface area (Å²) >= 11 is 0. The largest absolute Gasteiger partial charge is 0.114 e. The van der Waals surface area contributed by atoms with E-state index in [1.54, 1.807) is 0 Å². The summed E-state index contributed by atoms with van der Waals surface area (Å²) in [5, 5.41) is 0. The van der Waals surface area contributed by atoms with Gasteiger partial charge in [-0.25, -0.2) is 0 Å². The van der Waals surface area contributed by atoms with Crippen molar-refractivity contribution in [3.63, 3.8) is 0 Å². The van der Waals surface area contributed by atoms with Crippen molar-refractivity contribution in [2.24, 2.45) is 0 Å². The smallest absolute Gasteiger partial charge is 0.0941 e. The lowest BCUT2D eigenvalue weighted by atomic mass is 9.79. The highest BCUT2D eigenvalue weighted by atomic mass is 14.0. The van der Waals surface area contributed by atoms with E-state index in [1.807, 2.05) is 19.1 Å². The van der Waals surface area contributed by atoms with Crippen molar-refractivity contribution < 1.29 is 0 Å². The van der Waals surface area contributed by atoms with Gasteiger partial charge in [0.1, 0.15) is 15.7 Å². The first-order valence-corrected chi connectivity index (χ1v) is 4.18. The summed E-state index contributed by atoms with van der Waals surface area (Å²) in [5.41, 5.74) is 3.77. The standard InChI is InChI=1S/C10H12B2/c1-6(2)8-4-9(11)7(3)10(12)5-8/h4-6H,1-3H3. The summed E-state index contributed by atoms with van der Waals surface area (Å²) in [7, 11) is 11.6. The molecule has 0 heterocycles. The lowest BCUT2D eigenvalue weighted by Crippen LogP contribution is -2.21. The normalized spacial score (nSPS) is 10.7. The van der Waals surface area contributed by atoms with Gasteiger partial charge in [0.05, 0.1) is 0 Å². The molecule has 0 bridgehead atoms. The predicted octanol–water partition coefficient (Wildman–Crippen LogP) is 0.706. The molecular formula is C10H12B2. The van der Waals surface area contributed by atoms with Crippen LogP contribution in [0.4, 0.5) is 0 Å². The van der Waals surface area contributed by atoms with Gasteiger partial charge in [0.15, 0.2) is 0 Å². The van der Waals surface area contributed by atoms with Gasteiger partial charge in [0.2, 0.25) is 0 Å². The molecule has 2 heteroatoms. The van der Waals surface area contributed by atoms with Gasteiger partial charge in [-0.1, -0.05) is 42.5 Å². The Bertz CT molecular complexity index is 267. The molecule has 4 radical (unpaired) electrons. The second-order valence-corrected chi connectivity index (χ2v) is 3.48. The summed E-state index contributed by atoms with van der Waals surface area (Å²) in [5.74, 6) is 0.482. The average molecular weight is 154 g/mol. The zero-order chi connectivity index (χ0) is 9.30. The zero-order valence-electron chi connectivity index (χ0n) is 7.89. The molecule has 0 aliphatic rings. The molecule has 0 aliphatic heterocycles. The van der Waals surface area contributed by atoms with Crippen LogP contribution in [0.25, 0.3) is 0 Å². The van der Waals surface area contributed by atoms with Gasteiger partial charge < -0.3 is 0 Å². The first kappa shape index (κ1) is 9.44. The van der Waals surface area contributed by atoms with Crippen molar-refractivity contribution in [2.75, 3.05) is 0 Å². The molecule has 0 nitrogen and oxygen atoms in total. The van der Waals surface area contributed by atoms with Crippen LogP contribution in [0.5, 0.6) is 0 Å². The number of hydrogen-bond donors (Lipinski definition) is 0. The Labute approximate surface area is 77.2 Å². The molecule has 0 amide bonds. The lowest BCUT2D eigenvalue weighted by molar-refractivity contribution is 0.868. The summed E-state index contributed by atoms with van der Waals surface area (Å²) in [4.78, 5) is 0. The van der Waals surface area contributed by atoms with E-state index < -0.39 is 0 Å². The third kappa shape index (κ3) is 1.74. The van der Waals surface area contributed by atoms with Crippen LogP contribution in [0.2, 0.25) is 0 Å². The van der Waals surface area contributed by atoms with Crippen LogP contribution in [-0.4, -0.2) is 15.7 Å². The summed E-state index contributed by atoms with van der Waals surface area (Å²) in [6.45, 7) is 6.20. The van der Waals surface area contributed by atoms with Crippen molar-refractivity contribution in [1.82, 2.24) is 0 Å². The maximum atomic E-state index is 5.78. The topological polar surface area (TPSA) is 0 Å². The fourth-order valence-electron chi connectivity index (χ4n) is 1.12. The van der Waals surface area contributed by atoms with Crippen molar-refractivity contribution in [1.29, 1.82) is 0 Å². The van der Waals surface area contributed by atoms with E-state index in [0.29, 0.717) is 5.92 Å². The average Bonchev–Trinajstić information content (AvgIpc) is 1.99. The molecule has 58 valence electrons. The molecule has 0 aliphatic carbocycles. The zero-order valence-corrected chi connectivity index (χ0v) is 7.89. The molecule has 1 rings (SSSR count). The van der Waals surface area contributed by atoms with Crippen molar-refractivity contribution in [3.05, 3.63) is 23.3 Å². The SMILES string of the molecule is [B]c1cc(C(C)C)cc([B])c1C. The van der Waals surface area contributed by atoms with Gasteiger partial charge in [-0.2, -0.15) is 0 Å². The molecule has 0 saturated heterocycles. The minimum absolute atomic E-state index is 0.482. The summed E-state index contributed by atoms with van der Waals surface area (Å²) in [6.07, 6.45) is 0. The highest BCUT2D eigenvalue weighted by molar-refractivity contribution is 6.39. The molecule has 0 N–H and O–H groups in total. The van der Waals surface area contributed by atoms with Crippen LogP contribution in [0, 0.1) is 6.92 Å². The minimum atomic E-state index is 0.482. The van der Waals surface area contributed by atoms with E-state index in [0.717, 1.165) is 16.5 Å². The van der Waals surface area contributed by atoms with E-state index in [1.165, 1.54) is 5.56 Å². The molecule has 12 heavy (non-hydrogen) atoms. The second kappa shape index (κ2) is 3.38. The highest BCUT2D eigenvalue weighted by Crippen LogP contribution is 2.11. The van der Waals surface area contributed by atoms with Gasteiger partial charge in [0.25, 0.3) is 0 Å². The molecule has 0 fully saturated rings. The first-order valence-electron chi connectivity index (χ1n) is 4.18. The molecule has 1 aromatic rings. The monoisotopic (exact) mass is 154 g/mol. The molecule has 0 spiro atoms. The summed E-state index contributed by atoms with van der Waals surface area (Å²) < 4.78 is 0. The molecular weight excluding hydrogens is 142 g/mol. The van der Waals surface area contributed by atoms with Crippen LogP contribution in [0.15, 0.2) is 12.1 Å². The molecule has 0 unspecified atom stereocenters. The van der Waals surface area contributed by atoms with Crippen molar-refractivity contribution >= 4 is 26.6 Å². The first-order chi connectivity index (χ1) is 5.52. The molecule has 0 saturated carbocycles. The Balaban J connectivity index is 3.21. The van der Waals surface area contributed by atoms with Crippen molar-refractivity contribution in [2.45, 2.75) is 26.7 Å². The van der Waals surface area contributed by atoms with E-state index in [4.69, 9.17) is 15.7 Å². The maximum Gasteiger partial charge on any atom is 0.114 e. The Morgan fingerprint density at radius 3 is 1.83 bits per heavy atom. The Hall–Kier alpha value is -0.650. The maximum absolute atomic E-state index is 5.78. The van der Waals surface area contributed by atoms with Crippen LogP contribution in [0.1, 0.15) is 30.9 Å². The molecule has 0 aromatic heterocycles. The van der Waals surface area contributed by atoms with Crippen LogP contribution in [0.3, 0.4) is 0 Å². The van der Waals surface area contributed by atoms with Gasteiger partial charge in [-0.3, -0.25) is 0 Å².